The van der Waals surface area contributed by atoms with Crippen LogP contribution >= 0.6 is 39.0 Å². The molecule has 6 heteroatoms. The van der Waals surface area contributed by atoms with E-state index in [0.717, 1.165) is 20.4 Å². The van der Waals surface area contributed by atoms with Gasteiger partial charge in [-0.05, 0) is 59.7 Å². The first-order valence-electron chi connectivity index (χ1n) is 5.01. The number of thioether (sulfide) groups is 1. The highest BCUT2D eigenvalue weighted by atomic mass is 79.9. The van der Waals surface area contributed by atoms with E-state index in [1.165, 1.54) is 16.2 Å². The molecule has 17 heavy (non-hydrogen) atoms. The lowest BCUT2D eigenvalue weighted by Gasteiger charge is -2.16. The highest BCUT2D eigenvalue weighted by Gasteiger charge is 2.36. The topological polar surface area (TPSA) is 37.4 Å². The van der Waals surface area contributed by atoms with E-state index >= 15 is 0 Å². The Balaban J connectivity index is 2.28. The minimum Gasteiger partial charge on any atom is -0.268 e. The Morgan fingerprint density at radius 3 is 2.53 bits per heavy atom. The lowest BCUT2D eigenvalue weighted by Crippen LogP contribution is -2.34. The molecular weight excluding hydrogens is 322 g/mol. The molecule has 1 fully saturated rings. The molecule has 0 aromatic carbocycles. The summed E-state index contributed by atoms with van der Waals surface area (Å²) < 4.78 is 1.01. The second-order valence-electron chi connectivity index (χ2n) is 3.79. The molecule has 0 atom stereocenters. The van der Waals surface area contributed by atoms with Crippen molar-refractivity contribution in [1.82, 2.24) is 4.90 Å². The average molecular weight is 332 g/mol. The van der Waals surface area contributed by atoms with Gasteiger partial charge in [-0.25, -0.2) is 0 Å². The van der Waals surface area contributed by atoms with E-state index in [0.29, 0.717) is 4.91 Å². The molecule has 1 aromatic heterocycles. The predicted octanol–water partition coefficient (Wildman–Crippen LogP) is 3.96. The maximum absolute atomic E-state index is 12.0. The Kier molecular flexibility index (Phi) is 3.75. The summed E-state index contributed by atoms with van der Waals surface area (Å²) in [5, 5.41) is -0.188. The summed E-state index contributed by atoms with van der Waals surface area (Å²) in [4.78, 5) is 26.4. The molecule has 0 saturated carbocycles. The minimum atomic E-state index is -0.195. The van der Waals surface area contributed by atoms with Gasteiger partial charge in [0.25, 0.3) is 11.1 Å². The fourth-order valence-corrected chi connectivity index (χ4v) is 3.85. The maximum atomic E-state index is 12.0. The van der Waals surface area contributed by atoms with Crippen LogP contribution in [0.1, 0.15) is 18.7 Å². The summed E-state index contributed by atoms with van der Waals surface area (Å²) in [6.07, 6.45) is 1.77. The molecule has 0 spiro atoms. The molecule has 0 radical (unpaired) electrons. The summed E-state index contributed by atoms with van der Waals surface area (Å²) in [5.41, 5.74) is 0. The Morgan fingerprint density at radius 2 is 2.06 bits per heavy atom. The fraction of sp³-hybridized carbons (Fsp3) is 0.273. The van der Waals surface area contributed by atoms with Crippen molar-refractivity contribution in [2.75, 3.05) is 0 Å². The van der Waals surface area contributed by atoms with Gasteiger partial charge in [-0.15, -0.1) is 11.3 Å². The quantitative estimate of drug-likeness (QED) is 0.770. The maximum Gasteiger partial charge on any atom is 0.293 e. The smallest absolute Gasteiger partial charge is 0.268 e. The van der Waals surface area contributed by atoms with Crippen molar-refractivity contribution in [3.63, 3.8) is 0 Å². The van der Waals surface area contributed by atoms with Crippen LogP contribution in [0.15, 0.2) is 20.8 Å². The molecule has 1 aliphatic heterocycles. The molecule has 1 saturated heterocycles. The van der Waals surface area contributed by atoms with Crippen molar-refractivity contribution >= 4 is 56.3 Å². The van der Waals surface area contributed by atoms with Gasteiger partial charge in [-0.2, -0.15) is 0 Å². The van der Waals surface area contributed by atoms with Crippen LogP contribution in [0.5, 0.6) is 0 Å². The van der Waals surface area contributed by atoms with Gasteiger partial charge in [0.1, 0.15) is 0 Å². The third-order valence-electron chi connectivity index (χ3n) is 2.21. The second-order valence-corrected chi connectivity index (χ2v) is 7.28. The van der Waals surface area contributed by atoms with E-state index in [-0.39, 0.29) is 17.2 Å². The lowest BCUT2D eigenvalue weighted by molar-refractivity contribution is -0.123. The van der Waals surface area contributed by atoms with Gasteiger partial charge < -0.3 is 0 Å². The molecule has 0 unspecified atom stereocenters. The van der Waals surface area contributed by atoms with Crippen molar-refractivity contribution in [2.45, 2.75) is 19.9 Å². The molecule has 90 valence electrons. The zero-order chi connectivity index (χ0) is 12.6. The number of rotatable bonds is 2. The van der Waals surface area contributed by atoms with Crippen LogP contribution in [0.4, 0.5) is 4.79 Å². The molecule has 2 heterocycles. The van der Waals surface area contributed by atoms with Crippen LogP contribution in [-0.2, 0) is 4.79 Å². The molecular formula is C11H10BrNO2S2. The fourth-order valence-electron chi connectivity index (χ4n) is 1.46. The van der Waals surface area contributed by atoms with Gasteiger partial charge >= 0.3 is 0 Å². The van der Waals surface area contributed by atoms with Crippen molar-refractivity contribution in [1.29, 1.82) is 0 Å². The molecule has 0 aliphatic carbocycles. The zero-order valence-corrected chi connectivity index (χ0v) is 12.5. The summed E-state index contributed by atoms with van der Waals surface area (Å²) in [5.74, 6) is -0.195. The third-order valence-corrected chi connectivity index (χ3v) is 4.66. The molecule has 0 bridgehead atoms. The van der Waals surface area contributed by atoms with Gasteiger partial charge in [-0.3, -0.25) is 14.5 Å². The number of thiophene rings is 1. The van der Waals surface area contributed by atoms with Gasteiger partial charge in [0, 0.05) is 10.9 Å². The van der Waals surface area contributed by atoms with Crippen LogP contribution in [-0.4, -0.2) is 22.1 Å². The van der Waals surface area contributed by atoms with Crippen LogP contribution < -0.4 is 0 Å². The van der Waals surface area contributed by atoms with Crippen LogP contribution in [0, 0.1) is 0 Å². The first-order chi connectivity index (χ1) is 7.99. The third kappa shape index (κ3) is 2.64. The predicted molar refractivity (Wildman–Crippen MR) is 75.0 cm³/mol. The van der Waals surface area contributed by atoms with Crippen molar-refractivity contribution in [2.24, 2.45) is 0 Å². The van der Waals surface area contributed by atoms with E-state index in [9.17, 15) is 9.59 Å². The highest BCUT2D eigenvalue weighted by Crippen LogP contribution is 2.35. The van der Waals surface area contributed by atoms with Crippen molar-refractivity contribution in [3.8, 4) is 0 Å². The number of halogens is 1. The number of amides is 2. The number of nitrogens with zero attached hydrogens (tertiary/aromatic N) is 1. The Labute approximate surface area is 116 Å². The largest absolute Gasteiger partial charge is 0.293 e. The van der Waals surface area contributed by atoms with Crippen LogP contribution in [0.25, 0.3) is 6.08 Å². The minimum absolute atomic E-state index is 0.0940. The molecule has 1 aliphatic rings. The zero-order valence-electron chi connectivity index (χ0n) is 9.27. The SMILES string of the molecule is CC(C)N1C(=O)S/C(=C/c2ccc(Br)s2)C1=O. The van der Waals surface area contributed by atoms with E-state index < -0.39 is 0 Å². The van der Waals surface area contributed by atoms with Gasteiger partial charge in [0.2, 0.25) is 0 Å². The molecule has 1 aromatic rings. The van der Waals surface area contributed by atoms with Crippen LogP contribution in [0.2, 0.25) is 0 Å². The normalized spacial score (nSPS) is 18.8. The first-order valence-corrected chi connectivity index (χ1v) is 7.44. The summed E-state index contributed by atoms with van der Waals surface area (Å²) >= 11 is 5.90. The Hall–Kier alpha value is -0.590. The van der Waals surface area contributed by atoms with E-state index in [1.54, 1.807) is 6.08 Å². The summed E-state index contributed by atoms with van der Waals surface area (Å²) in [6, 6.07) is 3.74. The highest BCUT2D eigenvalue weighted by molar-refractivity contribution is 9.11. The van der Waals surface area contributed by atoms with Gasteiger partial charge in [-0.1, -0.05) is 0 Å². The number of imide groups is 1. The van der Waals surface area contributed by atoms with E-state index in [4.69, 9.17) is 0 Å². The van der Waals surface area contributed by atoms with Crippen molar-refractivity contribution < 1.29 is 9.59 Å². The Bertz CT molecular complexity index is 507. The molecule has 0 N–H and O–H groups in total. The average Bonchev–Trinajstić information content (AvgIpc) is 2.73. The summed E-state index contributed by atoms with van der Waals surface area (Å²) in [6.45, 7) is 3.67. The molecule has 3 nitrogen and oxygen atoms in total. The standard InChI is InChI=1S/C11H10BrNO2S2/c1-6(2)13-10(14)8(17-11(13)15)5-7-3-4-9(12)16-7/h3-6H,1-2H3/b8-5+. The number of carbonyl (C=O) groups excluding carboxylic acids is 2. The number of hydrogen-bond donors (Lipinski definition) is 0. The first kappa shape index (κ1) is 12.9. The monoisotopic (exact) mass is 331 g/mol. The van der Waals surface area contributed by atoms with Crippen molar-refractivity contribution in [3.05, 3.63) is 25.7 Å². The van der Waals surface area contributed by atoms with E-state index in [1.807, 2.05) is 26.0 Å². The lowest BCUT2D eigenvalue weighted by atomic mass is 10.3. The number of hydrogen-bond acceptors (Lipinski definition) is 4. The van der Waals surface area contributed by atoms with Gasteiger partial charge in [0.05, 0.1) is 8.69 Å². The van der Waals surface area contributed by atoms with E-state index in [2.05, 4.69) is 15.9 Å². The molecule has 2 rings (SSSR count). The summed E-state index contributed by atoms with van der Waals surface area (Å²) in [7, 11) is 0. The van der Waals surface area contributed by atoms with Crippen LogP contribution in [0.3, 0.4) is 0 Å². The number of carbonyl (C=O) groups is 2. The Morgan fingerprint density at radius 1 is 1.35 bits per heavy atom. The second kappa shape index (κ2) is 4.96. The molecule has 2 amide bonds. The van der Waals surface area contributed by atoms with Gasteiger partial charge in [0.15, 0.2) is 0 Å².